The van der Waals surface area contributed by atoms with E-state index in [1.807, 2.05) is 19.0 Å². The average Bonchev–Trinajstić information content (AvgIpc) is 3.14. The van der Waals surface area contributed by atoms with Crippen LogP contribution in [0.2, 0.25) is 0 Å². The highest BCUT2D eigenvalue weighted by Crippen LogP contribution is 2.56. The van der Waals surface area contributed by atoms with Crippen molar-refractivity contribution < 1.29 is 73.8 Å². The van der Waals surface area contributed by atoms with Crippen LogP contribution in [0, 0.1) is 0 Å². The summed E-state index contributed by atoms with van der Waals surface area (Å²) in [5.41, 5.74) is -3.99. The van der Waals surface area contributed by atoms with Crippen molar-refractivity contribution in [3.63, 3.8) is 0 Å². The van der Waals surface area contributed by atoms with Crippen molar-refractivity contribution in [3.8, 4) is 17.2 Å². The molecular weight excluding hydrogens is 734 g/mol. The van der Waals surface area contributed by atoms with Gasteiger partial charge in [0.05, 0.1) is 58.9 Å². The summed E-state index contributed by atoms with van der Waals surface area (Å²) in [5, 5.41) is 78.3. The summed E-state index contributed by atoms with van der Waals surface area (Å²) >= 11 is 0. The molecule has 0 saturated carbocycles. The summed E-state index contributed by atoms with van der Waals surface area (Å²) in [7, 11) is 3.71. The minimum Gasteiger partial charge on any atom is -0.507 e. The van der Waals surface area contributed by atoms with Gasteiger partial charge in [-0.2, -0.15) is 0 Å². The van der Waals surface area contributed by atoms with Crippen LogP contribution in [0.4, 0.5) is 0 Å². The largest absolute Gasteiger partial charge is 0.507 e. The number of benzene rings is 2. The first-order chi connectivity index (χ1) is 26.4. The molecule has 0 unspecified atom stereocenters. The number of carbonyl (C=O) groups excluding carboxylic acids is 2. The first-order valence-electron chi connectivity index (χ1n) is 19.3. The predicted molar refractivity (Wildman–Crippen MR) is 194 cm³/mol. The van der Waals surface area contributed by atoms with Gasteiger partial charge in [-0.05, 0) is 53.8 Å². The van der Waals surface area contributed by atoms with Crippen LogP contribution in [0.25, 0.3) is 0 Å². The Hall–Kier alpha value is -3.26. The molecule has 16 heteroatoms. The molecular formula is C40H53NO15. The van der Waals surface area contributed by atoms with Gasteiger partial charge in [0.2, 0.25) is 5.78 Å². The van der Waals surface area contributed by atoms with Crippen LogP contribution in [0.1, 0.15) is 121 Å². The fourth-order valence-corrected chi connectivity index (χ4v) is 8.98. The highest BCUT2D eigenvalue weighted by Gasteiger charge is 2.52. The van der Waals surface area contributed by atoms with E-state index >= 15 is 0 Å². The molecule has 0 amide bonds. The van der Waals surface area contributed by atoms with Gasteiger partial charge in [-0.15, -0.1) is 0 Å². The van der Waals surface area contributed by atoms with E-state index in [-0.39, 0.29) is 54.0 Å². The number of ketones is 2. The van der Waals surface area contributed by atoms with Gasteiger partial charge >= 0.3 is 0 Å². The molecule has 308 valence electrons. The van der Waals surface area contributed by atoms with Gasteiger partial charge in [-0.3, -0.25) is 9.59 Å². The minimum atomic E-state index is -1.87. The number of rotatable bonds is 8. The Kier molecular flexibility index (Phi) is 11.3. The molecule has 16 nitrogen and oxygen atoms in total. The van der Waals surface area contributed by atoms with Gasteiger partial charge in [-0.1, -0.05) is 19.1 Å². The molecule has 56 heavy (non-hydrogen) atoms. The molecule has 5 aliphatic rings. The first kappa shape index (κ1) is 40.9. The molecule has 3 aliphatic heterocycles. The molecule has 3 heterocycles. The third kappa shape index (κ3) is 7.02. The zero-order valence-electron chi connectivity index (χ0n) is 32.3. The zero-order chi connectivity index (χ0) is 40.5. The molecule has 3 saturated heterocycles. The Morgan fingerprint density at radius 3 is 2.00 bits per heavy atom. The van der Waals surface area contributed by atoms with Crippen molar-refractivity contribution in [2.24, 2.45) is 0 Å². The van der Waals surface area contributed by atoms with Gasteiger partial charge in [0.15, 0.2) is 24.7 Å². The van der Waals surface area contributed by atoms with Gasteiger partial charge in [0.25, 0.3) is 0 Å². The molecule has 14 atom stereocenters. The smallest absolute Gasteiger partial charge is 0.202 e. The number of aliphatic hydroxyl groups is 4. The molecule has 3 fully saturated rings. The van der Waals surface area contributed by atoms with E-state index in [9.17, 15) is 45.3 Å². The normalized spacial score (nSPS) is 38.6. The van der Waals surface area contributed by atoms with E-state index in [0.717, 1.165) is 0 Å². The van der Waals surface area contributed by atoms with Crippen molar-refractivity contribution in [3.05, 3.63) is 51.6 Å². The second-order valence-corrected chi connectivity index (χ2v) is 16.0. The van der Waals surface area contributed by atoms with Crippen LogP contribution < -0.4 is 0 Å². The maximum Gasteiger partial charge on any atom is 0.202 e. The number of hydrogen-bond acceptors (Lipinski definition) is 16. The van der Waals surface area contributed by atoms with E-state index in [1.165, 1.54) is 18.2 Å². The number of aliphatic hydroxyl groups excluding tert-OH is 3. The second kappa shape index (κ2) is 15.5. The Morgan fingerprint density at radius 2 is 1.36 bits per heavy atom. The van der Waals surface area contributed by atoms with Crippen LogP contribution in [-0.2, 0) is 28.4 Å². The molecule has 0 aromatic heterocycles. The van der Waals surface area contributed by atoms with Gasteiger partial charge < -0.3 is 69.1 Å². The fourth-order valence-electron chi connectivity index (χ4n) is 8.98. The Bertz CT molecular complexity index is 1830. The molecule has 2 aliphatic carbocycles. The lowest BCUT2D eigenvalue weighted by Crippen LogP contribution is -2.58. The van der Waals surface area contributed by atoms with Crippen LogP contribution in [0.15, 0.2) is 18.2 Å². The van der Waals surface area contributed by atoms with Crippen molar-refractivity contribution in [1.82, 2.24) is 4.90 Å². The number of phenols is 3. The monoisotopic (exact) mass is 787 g/mol. The summed E-state index contributed by atoms with van der Waals surface area (Å²) in [5.74, 6) is -3.72. The van der Waals surface area contributed by atoms with Gasteiger partial charge in [-0.25, -0.2) is 0 Å². The number of likely N-dealkylation sites (N-methyl/N-ethyl adjacent to an activating group) is 1. The predicted octanol–water partition coefficient (Wildman–Crippen LogP) is 2.43. The van der Waals surface area contributed by atoms with Crippen LogP contribution in [0.5, 0.6) is 17.2 Å². The van der Waals surface area contributed by atoms with E-state index in [4.69, 9.17) is 28.4 Å². The number of hydrogen-bond donors (Lipinski definition) is 7. The molecule has 0 spiro atoms. The summed E-state index contributed by atoms with van der Waals surface area (Å²) in [6.07, 6.45) is -8.70. The SMILES string of the molecule is CC[C@@]1(O)C[C@H](O[C@@H]2C[C@H](N(C)C)[C@H](O[C@@H]3C[C@@H](O)[C@@H](O[C@H]4CC[C@H](O)[C@@H](C)O4)[C@@H](C)O3)[C@H](C)O2)c2c(O)c3c(c(O)c2[C@H]1O)C(=O)c1cccc(O)c1C3=O. The maximum absolute atomic E-state index is 13.8. The number of fused-ring (bicyclic) bond motifs is 3. The summed E-state index contributed by atoms with van der Waals surface area (Å²) in [6.45, 7) is 6.97. The number of nitrogens with zero attached hydrogens (tertiary/aromatic N) is 1. The molecule has 2 aromatic carbocycles. The van der Waals surface area contributed by atoms with Crippen LogP contribution in [-0.4, -0.2) is 140 Å². The van der Waals surface area contributed by atoms with E-state index < -0.39 is 119 Å². The average molecular weight is 788 g/mol. The lowest BCUT2D eigenvalue weighted by atomic mass is 9.70. The standard InChI is InChI=1S/C40H53NO15/c1-7-40(50)15-24(29-32(39(40)49)36(48)30-31(35(29)47)34(46)28-19(33(30)45)9-8-10-22(28)43)54-26-13-20(41(5)6)37(17(3)52-26)56-27-14-23(44)38(18(4)53-27)55-25-12-11-21(42)16(2)51-25/h8-10,16-18,20-21,23-27,37-39,42-44,47-50H,7,11-15H2,1-6H3/t16-,17+,18-,20+,21+,23-,24+,25+,26-,27-,37-,38+,39-,40-/m1/s1. The molecule has 0 radical (unpaired) electrons. The highest BCUT2D eigenvalue weighted by atomic mass is 16.7. The lowest BCUT2D eigenvalue weighted by molar-refractivity contribution is -0.328. The number of carbonyl (C=O) groups is 2. The Morgan fingerprint density at radius 1 is 0.750 bits per heavy atom. The Labute approximate surface area is 324 Å². The van der Waals surface area contributed by atoms with Crippen molar-refractivity contribution in [2.45, 2.75) is 152 Å². The third-order valence-electron chi connectivity index (χ3n) is 12.2. The second-order valence-electron chi connectivity index (χ2n) is 16.0. The van der Waals surface area contributed by atoms with Crippen LogP contribution in [0.3, 0.4) is 0 Å². The third-order valence-corrected chi connectivity index (χ3v) is 12.2. The first-order valence-corrected chi connectivity index (χ1v) is 19.3. The topological polar surface area (TPSA) is 234 Å². The van der Waals surface area contributed by atoms with Gasteiger partial charge in [0.1, 0.15) is 35.6 Å². The number of phenolic OH excluding ortho intramolecular Hbond substituents is 3. The van der Waals surface area contributed by atoms with Crippen molar-refractivity contribution in [2.75, 3.05) is 14.1 Å². The lowest BCUT2D eigenvalue weighted by Gasteiger charge is -2.48. The Balaban J connectivity index is 1.11. The van der Waals surface area contributed by atoms with Crippen LogP contribution >= 0.6 is 0 Å². The van der Waals surface area contributed by atoms with Crippen molar-refractivity contribution in [1.29, 1.82) is 0 Å². The quantitative estimate of drug-likeness (QED) is 0.163. The maximum atomic E-state index is 13.8. The molecule has 7 rings (SSSR count). The van der Waals surface area contributed by atoms with Gasteiger partial charge in [0, 0.05) is 48.4 Å². The fraction of sp³-hybridized carbons (Fsp3) is 0.650. The minimum absolute atomic E-state index is 0.0000126. The summed E-state index contributed by atoms with van der Waals surface area (Å²) < 4.78 is 37.4. The molecule has 0 bridgehead atoms. The molecule has 7 N–H and O–H groups in total. The zero-order valence-corrected chi connectivity index (χ0v) is 32.3. The highest BCUT2D eigenvalue weighted by molar-refractivity contribution is 6.31. The van der Waals surface area contributed by atoms with E-state index in [1.54, 1.807) is 27.7 Å². The number of ether oxygens (including phenoxy) is 6. The van der Waals surface area contributed by atoms with E-state index in [2.05, 4.69) is 0 Å². The summed E-state index contributed by atoms with van der Waals surface area (Å²) in [6, 6.07) is 3.57. The number of aromatic hydroxyl groups is 3. The van der Waals surface area contributed by atoms with Crippen molar-refractivity contribution >= 4 is 11.6 Å². The molecule has 2 aromatic rings. The summed E-state index contributed by atoms with van der Waals surface area (Å²) in [4.78, 5) is 29.4. The van der Waals surface area contributed by atoms with E-state index in [0.29, 0.717) is 12.8 Å².